The van der Waals surface area contributed by atoms with Gasteiger partial charge in [-0.05, 0) is 19.3 Å². The minimum atomic E-state index is -3.39. The molecule has 0 bridgehead atoms. The molecule has 2 rings (SSSR count). The van der Waals surface area contributed by atoms with E-state index in [1.165, 1.54) is 38.3 Å². The van der Waals surface area contributed by atoms with Crippen molar-refractivity contribution in [1.29, 1.82) is 0 Å². The molecule has 1 saturated carbocycles. The summed E-state index contributed by atoms with van der Waals surface area (Å²) in [4.78, 5) is 0.256. The normalized spacial score (nSPS) is 18.1. The van der Waals surface area contributed by atoms with Gasteiger partial charge in [-0.3, -0.25) is 5.10 Å². The van der Waals surface area contributed by atoms with Crippen molar-refractivity contribution in [3.63, 3.8) is 0 Å². The van der Waals surface area contributed by atoms with E-state index in [4.69, 9.17) is 0 Å². The minimum Gasteiger partial charge on any atom is -0.281 e. The molecule has 0 aromatic carbocycles. The lowest BCUT2D eigenvalue weighted by atomic mass is 9.87. The molecule has 0 radical (unpaired) electrons. The molecule has 0 atom stereocenters. The first kappa shape index (κ1) is 13.5. The van der Waals surface area contributed by atoms with E-state index >= 15 is 0 Å². The molecule has 6 heteroatoms. The van der Waals surface area contributed by atoms with Gasteiger partial charge in [0.15, 0.2) is 0 Å². The van der Waals surface area contributed by atoms with Gasteiger partial charge in [0.2, 0.25) is 10.0 Å². The number of H-pyrrole nitrogens is 1. The minimum absolute atomic E-state index is 0.256. The molecule has 0 spiro atoms. The molecule has 1 aliphatic rings. The third-order valence-electron chi connectivity index (χ3n) is 3.64. The van der Waals surface area contributed by atoms with Crippen LogP contribution in [0.15, 0.2) is 11.1 Å². The Morgan fingerprint density at radius 3 is 2.72 bits per heavy atom. The second-order valence-electron chi connectivity index (χ2n) is 5.05. The zero-order chi connectivity index (χ0) is 13.0. The van der Waals surface area contributed by atoms with E-state index in [-0.39, 0.29) is 4.90 Å². The molecule has 5 nitrogen and oxygen atoms in total. The van der Waals surface area contributed by atoms with E-state index in [1.54, 1.807) is 6.92 Å². The van der Waals surface area contributed by atoms with Crippen LogP contribution in [0, 0.1) is 12.8 Å². The summed E-state index contributed by atoms with van der Waals surface area (Å²) in [5.41, 5.74) is 0.583. The Kier molecular flexibility index (Phi) is 4.40. The van der Waals surface area contributed by atoms with Gasteiger partial charge < -0.3 is 0 Å². The van der Waals surface area contributed by atoms with E-state index < -0.39 is 10.0 Å². The average molecular weight is 271 g/mol. The van der Waals surface area contributed by atoms with Crippen molar-refractivity contribution >= 4 is 10.0 Å². The standard InChI is InChI=1S/C12H21N3O2S/c1-10-12(9-13-15-10)18(16,17)14-8-7-11-5-3-2-4-6-11/h9,11,14H,2-8H2,1H3,(H,13,15). The third kappa shape index (κ3) is 3.32. The van der Waals surface area contributed by atoms with Gasteiger partial charge in [-0.25, -0.2) is 13.1 Å². The summed E-state index contributed by atoms with van der Waals surface area (Å²) in [7, 11) is -3.39. The SMILES string of the molecule is Cc1[nH]ncc1S(=O)(=O)NCCC1CCCCC1. The van der Waals surface area contributed by atoms with Gasteiger partial charge >= 0.3 is 0 Å². The largest absolute Gasteiger partial charge is 0.281 e. The topological polar surface area (TPSA) is 74.8 Å². The molecule has 1 heterocycles. The van der Waals surface area contributed by atoms with Crippen molar-refractivity contribution in [3.8, 4) is 0 Å². The number of hydrogen-bond acceptors (Lipinski definition) is 3. The molecule has 0 aliphatic heterocycles. The second kappa shape index (κ2) is 5.84. The Labute approximate surface area is 108 Å². The summed E-state index contributed by atoms with van der Waals surface area (Å²) in [5.74, 6) is 0.687. The van der Waals surface area contributed by atoms with Crippen LogP contribution >= 0.6 is 0 Å². The van der Waals surface area contributed by atoms with Crippen LogP contribution in [0.25, 0.3) is 0 Å². The predicted octanol–water partition coefficient (Wildman–Crippen LogP) is 1.97. The fraction of sp³-hybridized carbons (Fsp3) is 0.750. The van der Waals surface area contributed by atoms with Crippen LogP contribution in [-0.4, -0.2) is 25.2 Å². The molecule has 1 aliphatic carbocycles. The Morgan fingerprint density at radius 2 is 2.11 bits per heavy atom. The van der Waals surface area contributed by atoms with Crippen LogP contribution in [0.2, 0.25) is 0 Å². The summed E-state index contributed by atoms with van der Waals surface area (Å²) in [6, 6.07) is 0. The first-order chi connectivity index (χ1) is 8.59. The first-order valence-electron chi connectivity index (χ1n) is 6.59. The maximum Gasteiger partial charge on any atom is 0.243 e. The highest BCUT2D eigenvalue weighted by Gasteiger charge is 2.19. The van der Waals surface area contributed by atoms with Gasteiger partial charge in [-0.1, -0.05) is 32.1 Å². The third-order valence-corrected chi connectivity index (χ3v) is 5.22. The summed E-state index contributed by atoms with van der Waals surface area (Å²) >= 11 is 0. The van der Waals surface area contributed by atoms with E-state index in [2.05, 4.69) is 14.9 Å². The highest BCUT2D eigenvalue weighted by Crippen LogP contribution is 2.25. The molecule has 0 saturated heterocycles. The van der Waals surface area contributed by atoms with Gasteiger partial charge in [0.25, 0.3) is 0 Å². The van der Waals surface area contributed by atoms with Gasteiger partial charge in [0.1, 0.15) is 4.90 Å². The second-order valence-corrected chi connectivity index (χ2v) is 6.79. The lowest BCUT2D eigenvalue weighted by molar-refractivity contribution is 0.339. The smallest absolute Gasteiger partial charge is 0.243 e. The molecular formula is C12H21N3O2S. The summed E-state index contributed by atoms with van der Waals surface area (Å²) in [6.07, 6.45) is 8.69. The van der Waals surface area contributed by atoms with Gasteiger partial charge in [0.05, 0.1) is 11.9 Å². The van der Waals surface area contributed by atoms with Gasteiger partial charge in [-0.2, -0.15) is 5.10 Å². The lowest BCUT2D eigenvalue weighted by Gasteiger charge is -2.21. The molecule has 18 heavy (non-hydrogen) atoms. The van der Waals surface area contributed by atoms with Crippen molar-refractivity contribution in [1.82, 2.24) is 14.9 Å². The number of nitrogens with one attached hydrogen (secondary N) is 2. The van der Waals surface area contributed by atoms with Crippen molar-refractivity contribution in [3.05, 3.63) is 11.9 Å². The van der Waals surface area contributed by atoms with Crippen molar-refractivity contribution in [2.75, 3.05) is 6.54 Å². The Balaban J connectivity index is 1.84. The molecule has 102 valence electrons. The number of aryl methyl sites for hydroxylation is 1. The number of aromatic nitrogens is 2. The Bertz CT molecular complexity index is 475. The number of sulfonamides is 1. The molecule has 2 N–H and O–H groups in total. The highest BCUT2D eigenvalue weighted by molar-refractivity contribution is 7.89. The maximum atomic E-state index is 12.0. The Hall–Kier alpha value is -0.880. The summed E-state index contributed by atoms with van der Waals surface area (Å²) in [6.45, 7) is 2.24. The van der Waals surface area contributed by atoms with Crippen LogP contribution in [0.1, 0.15) is 44.2 Å². The van der Waals surface area contributed by atoms with Gasteiger partial charge in [0, 0.05) is 6.54 Å². The monoisotopic (exact) mass is 271 g/mol. The molecule has 1 aromatic heterocycles. The van der Waals surface area contributed by atoms with Crippen LogP contribution < -0.4 is 4.72 Å². The van der Waals surface area contributed by atoms with Crippen molar-refractivity contribution in [2.24, 2.45) is 5.92 Å². The van der Waals surface area contributed by atoms with Crippen LogP contribution in [0.3, 0.4) is 0 Å². The quantitative estimate of drug-likeness (QED) is 0.859. The lowest BCUT2D eigenvalue weighted by Crippen LogP contribution is -2.26. The molecule has 0 unspecified atom stereocenters. The van der Waals surface area contributed by atoms with E-state index in [0.29, 0.717) is 18.2 Å². The molecule has 1 fully saturated rings. The first-order valence-corrected chi connectivity index (χ1v) is 8.07. The number of rotatable bonds is 5. The molecule has 0 amide bonds. The fourth-order valence-electron chi connectivity index (χ4n) is 2.56. The van der Waals surface area contributed by atoms with E-state index in [0.717, 1.165) is 6.42 Å². The number of hydrogen-bond donors (Lipinski definition) is 2. The van der Waals surface area contributed by atoms with E-state index in [1.807, 2.05) is 0 Å². The zero-order valence-electron chi connectivity index (χ0n) is 10.8. The van der Waals surface area contributed by atoms with Crippen LogP contribution in [0.5, 0.6) is 0 Å². The predicted molar refractivity (Wildman–Crippen MR) is 69.7 cm³/mol. The highest BCUT2D eigenvalue weighted by atomic mass is 32.2. The fourth-order valence-corrected chi connectivity index (χ4v) is 3.74. The molecular weight excluding hydrogens is 250 g/mol. The van der Waals surface area contributed by atoms with Crippen molar-refractivity contribution < 1.29 is 8.42 Å². The summed E-state index contributed by atoms with van der Waals surface area (Å²) < 4.78 is 26.6. The summed E-state index contributed by atoms with van der Waals surface area (Å²) in [5, 5.41) is 6.39. The molecule has 1 aromatic rings. The van der Waals surface area contributed by atoms with Crippen LogP contribution in [-0.2, 0) is 10.0 Å². The van der Waals surface area contributed by atoms with Crippen molar-refractivity contribution in [2.45, 2.75) is 50.3 Å². The maximum absolute atomic E-state index is 12.0. The van der Waals surface area contributed by atoms with E-state index in [9.17, 15) is 8.42 Å². The Morgan fingerprint density at radius 1 is 1.39 bits per heavy atom. The number of aromatic amines is 1. The van der Waals surface area contributed by atoms with Crippen LogP contribution in [0.4, 0.5) is 0 Å². The van der Waals surface area contributed by atoms with Gasteiger partial charge in [-0.15, -0.1) is 0 Å². The average Bonchev–Trinajstić information content (AvgIpc) is 2.77. The number of nitrogens with zero attached hydrogens (tertiary/aromatic N) is 1. The zero-order valence-corrected chi connectivity index (χ0v) is 11.6.